The van der Waals surface area contributed by atoms with Crippen LogP contribution in [0.15, 0.2) is 59.5 Å². The zero-order valence-corrected chi connectivity index (χ0v) is 14.0. The lowest BCUT2D eigenvalue weighted by molar-refractivity contribution is 0.599. The van der Waals surface area contributed by atoms with Gasteiger partial charge in [-0.15, -0.1) is 0 Å². The summed E-state index contributed by atoms with van der Waals surface area (Å²) in [6, 6.07) is 14.9. The average molecular weight is 315 g/mol. The first-order chi connectivity index (χ1) is 10.4. The fourth-order valence-electron chi connectivity index (χ4n) is 2.04. The van der Waals surface area contributed by atoms with Crippen LogP contribution >= 0.6 is 0 Å². The first-order valence-electron chi connectivity index (χ1n) is 7.12. The van der Waals surface area contributed by atoms with Crippen LogP contribution in [0.2, 0.25) is 0 Å². The topological polar surface area (TPSA) is 37.4 Å². The molecule has 2 aromatic rings. The van der Waals surface area contributed by atoms with E-state index in [2.05, 4.69) is 0 Å². The Morgan fingerprint density at radius 2 is 1.55 bits per heavy atom. The molecular formula is C18H21NO2S. The van der Waals surface area contributed by atoms with Gasteiger partial charge in [0.15, 0.2) is 9.84 Å². The molecule has 2 rings (SSSR count). The molecule has 0 fully saturated rings. The Morgan fingerprint density at radius 3 is 2.09 bits per heavy atom. The summed E-state index contributed by atoms with van der Waals surface area (Å²) in [6.07, 6.45) is 3.53. The minimum Gasteiger partial charge on any atom is -0.378 e. The molecule has 0 atom stereocenters. The van der Waals surface area contributed by atoms with Crippen LogP contribution in [0.25, 0.3) is 6.08 Å². The average Bonchev–Trinajstić information content (AvgIpc) is 2.48. The van der Waals surface area contributed by atoms with Crippen LogP contribution in [0.5, 0.6) is 0 Å². The maximum Gasteiger partial charge on any atom is 0.181 e. The van der Waals surface area contributed by atoms with Crippen molar-refractivity contribution in [1.82, 2.24) is 0 Å². The SMILES string of the molecule is Cc1ccc(S(=O)(=O)CC=Cc2ccc(N(C)C)cc2)cc1. The van der Waals surface area contributed by atoms with Gasteiger partial charge in [0.25, 0.3) is 0 Å². The van der Waals surface area contributed by atoms with Crippen molar-refractivity contribution in [2.24, 2.45) is 0 Å². The summed E-state index contributed by atoms with van der Waals surface area (Å²) in [6.45, 7) is 1.94. The van der Waals surface area contributed by atoms with Gasteiger partial charge in [-0.3, -0.25) is 0 Å². The Balaban J connectivity index is 2.06. The van der Waals surface area contributed by atoms with E-state index in [0.29, 0.717) is 4.90 Å². The van der Waals surface area contributed by atoms with Crippen molar-refractivity contribution in [3.05, 3.63) is 65.7 Å². The van der Waals surface area contributed by atoms with E-state index in [4.69, 9.17) is 0 Å². The van der Waals surface area contributed by atoms with Gasteiger partial charge in [-0.2, -0.15) is 0 Å². The third kappa shape index (κ3) is 4.21. The molecule has 0 amide bonds. The van der Waals surface area contributed by atoms with E-state index in [1.165, 1.54) is 0 Å². The molecule has 22 heavy (non-hydrogen) atoms. The molecule has 0 radical (unpaired) electrons. The maximum atomic E-state index is 12.2. The van der Waals surface area contributed by atoms with Crippen LogP contribution in [-0.4, -0.2) is 28.3 Å². The molecule has 116 valence electrons. The molecule has 0 aromatic heterocycles. The summed E-state index contributed by atoms with van der Waals surface area (Å²) in [7, 11) is 0.706. The van der Waals surface area contributed by atoms with Crippen molar-refractivity contribution in [2.75, 3.05) is 24.7 Å². The lowest BCUT2D eigenvalue weighted by Gasteiger charge is -2.11. The van der Waals surface area contributed by atoms with E-state index in [1.807, 2.05) is 68.4 Å². The highest BCUT2D eigenvalue weighted by atomic mass is 32.2. The van der Waals surface area contributed by atoms with E-state index < -0.39 is 9.84 Å². The number of anilines is 1. The van der Waals surface area contributed by atoms with Crippen molar-refractivity contribution in [1.29, 1.82) is 0 Å². The smallest absolute Gasteiger partial charge is 0.181 e. The van der Waals surface area contributed by atoms with Gasteiger partial charge in [0, 0.05) is 19.8 Å². The fraction of sp³-hybridized carbons (Fsp3) is 0.222. The van der Waals surface area contributed by atoms with Crippen LogP contribution < -0.4 is 4.90 Å². The van der Waals surface area contributed by atoms with E-state index in [1.54, 1.807) is 18.2 Å². The molecule has 0 bridgehead atoms. The second kappa shape index (κ2) is 6.79. The van der Waals surface area contributed by atoms with Crippen molar-refractivity contribution >= 4 is 21.6 Å². The lowest BCUT2D eigenvalue weighted by Crippen LogP contribution is -2.07. The highest BCUT2D eigenvalue weighted by Gasteiger charge is 2.11. The number of rotatable bonds is 5. The molecule has 0 aliphatic rings. The third-order valence-corrected chi connectivity index (χ3v) is 5.04. The Hall–Kier alpha value is -2.07. The second-order valence-electron chi connectivity index (χ2n) is 5.48. The van der Waals surface area contributed by atoms with Gasteiger partial charge in [0.05, 0.1) is 10.6 Å². The van der Waals surface area contributed by atoms with Crippen molar-refractivity contribution in [2.45, 2.75) is 11.8 Å². The molecule has 0 aliphatic carbocycles. The van der Waals surface area contributed by atoms with E-state index in [0.717, 1.165) is 16.8 Å². The molecule has 2 aromatic carbocycles. The minimum absolute atomic E-state index is 0.00545. The fourth-order valence-corrected chi connectivity index (χ4v) is 3.13. The monoisotopic (exact) mass is 315 g/mol. The van der Waals surface area contributed by atoms with Gasteiger partial charge in [-0.05, 0) is 36.8 Å². The predicted molar refractivity (Wildman–Crippen MR) is 93.0 cm³/mol. The van der Waals surface area contributed by atoms with Crippen LogP contribution in [-0.2, 0) is 9.84 Å². The Kier molecular flexibility index (Phi) is 5.03. The Bertz CT molecular complexity index is 743. The summed E-state index contributed by atoms with van der Waals surface area (Å²) in [4.78, 5) is 2.39. The van der Waals surface area contributed by atoms with Crippen LogP contribution in [0.4, 0.5) is 5.69 Å². The number of hydrogen-bond acceptors (Lipinski definition) is 3. The molecular weight excluding hydrogens is 294 g/mol. The normalized spacial score (nSPS) is 11.8. The van der Waals surface area contributed by atoms with Crippen LogP contribution in [0, 0.1) is 6.92 Å². The van der Waals surface area contributed by atoms with E-state index in [-0.39, 0.29) is 5.75 Å². The van der Waals surface area contributed by atoms with Gasteiger partial charge >= 0.3 is 0 Å². The number of aryl methyl sites for hydroxylation is 1. The molecule has 0 N–H and O–H groups in total. The first-order valence-corrected chi connectivity index (χ1v) is 8.77. The van der Waals surface area contributed by atoms with Crippen LogP contribution in [0.1, 0.15) is 11.1 Å². The summed E-state index contributed by atoms with van der Waals surface area (Å²) in [5.41, 5.74) is 3.16. The molecule has 4 heteroatoms. The number of nitrogens with zero attached hydrogens (tertiary/aromatic N) is 1. The van der Waals surface area contributed by atoms with E-state index in [9.17, 15) is 8.42 Å². The summed E-state index contributed by atoms with van der Waals surface area (Å²) in [5.74, 6) is 0.00545. The predicted octanol–water partition coefficient (Wildman–Crippen LogP) is 3.55. The van der Waals surface area contributed by atoms with Crippen molar-refractivity contribution in [3.8, 4) is 0 Å². The number of benzene rings is 2. The van der Waals surface area contributed by atoms with Crippen molar-refractivity contribution in [3.63, 3.8) is 0 Å². The van der Waals surface area contributed by atoms with Gasteiger partial charge < -0.3 is 4.90 Å². The largest absolute Gasteiger partial charge is 0.378 e. The molecule has 0 heterocycles. The van der Waals surface area contributed by atoms with Gasteiger partial charge in [0.1, 0.15) is 0 Å². The van der Waals surface area contributed by atoms with Gasteiger partial charge in [-0.25, -0.2) is 8.42 Å². The number of hydrogen-bond donors (Lipinski definition) is 0. The molecule has 0 saturated carbocycles. The van der Waals surface area contributed by atoms with Gasteiger partial charge in [-0.1, -0.05) is 42.0 Å². The first kappa shape index (κ1) is 16.3. The summed E-state index contributed by atoms with van der Waals surface area (Å²) in [5, 5.41) is 0. The Morgan fingerprint density at radius 1 is 0.955 bits per heavy atom. The molecule has 3 nitrogen and oxygen atoms in total. The highest BCUT2D eigenvalue weighted by molar-refractivity contribution is 7.91. The van der Waals surface area contributed by atoms with E-state index >= 15 is 0 Å². The zero-order valence-electron chi connectivity index (χ0n) is 13.2. The van der Waals surface area contributed by atoms with Crippen LogP contribution in [0.3, 0.4) is 0 Å². The molecule has 0 aliphatic heterocycles. The maximum absolute atomic E-state index is 12.2. The summed E-state index contributed by atoms with van der Waals surface area (Å²) < 4.78 is 24.4. The second-order valence-corrected chi connectivity index (χ2v) is 7.52. The molecule has 0 saturated heterocycles. The quantitative estimate of drug-likeness (QED) is 0.847. The highest BCUT2D eigenvalue weighted by Crippen LogP contribution is 2.15. The standard InChI is InChI=1S/C18H21NO2S/c1-15-6-12-18(13-7-15)22(20,21)14-4-5-16-8-10-17(11-9-16)19(2)3/h4-13H,14H2,1-3H3. The minimum atomic E-state index is -3.26. The molecule has 0 unspecified atom stereocenters. The summed E-state index contributed by atoms with van der Waals surface area (Å²) >= 11 is 0. The number of sulfone groups is 1. The van der Waals surface area contributed by atoms with Crippen molar-refractivity contribution < 1.29 is 8.42 Å². The molecule has 0 spiro atoms. The van der Waals surface area contributed by atoms with Gasteiger partial charge in [0.2, 0.25) is 0 Å². The Labute approximate surface area is 132 Å². The third-order valence-electron chi connectivity index (χ3n) is 3.42. The zero-order chi connectivity index (χ0) is 16.2. The lowest BCUT2D eigenvalue weighted by atomic mass is 10.2.